The Hall–Kier alpha value is -1.68. The standard InChI is InChI=1S/C20H23NO2/c1-22-20(10-12-23-13-11-20)14-21-19-17-8-4-2-6-15(17)16-7-3-5-9-18(16)19/h2-9,19,21H,10-14H2,1H3. The number of hydrogen-bond acceptors (Lipinski definition) is 3. The van der Waals surface area contributed by atoms with Crippen LogP contribution in [0.15, 0.2) is 48.5 Å². The lowest BCUT2D eigenvalue weighted by Gasteiger charge is -2.37. The second-order valence-corrected chi connectivity index (χ2v) is 6.49. The van der Waals surface area contributed by atoms with Gasteiger partial charge < -0.3 is 14.8 Å². The van der Waals surface area contributed by atoms with Gasteiger partial charge in [0.25, 0.3) is 0 Å². The van der Waals surface area contributed by atoms with Gasteiger partial charge in [-0.15, -0.1) is 0 Å². The summed E-state index contributed by atoms with van der Waals surface area (Å²) in [5, 5.41) is 3.77. The van der Waals surface area contributed by atoms with E-state index in [2.05, 4.69) is 53.8 Å². The van der Waals surface area contributed by atoms with Gasteiger partial charge in [-0.3, -0.25) is 0 Å². The second kappa shape index (κ2) is 6.08. The number of fused-ring (bicyclic) bond motifs is 3. The van der Waals surface area contributed by atoms with E-state index in [1.165, 1.54) is 22.3 Å². The van der Waals surface area contributed by atoms with Crippen LogP contribution in [0.25, 0.3) is 11.1 Å². The van der Waals surface area contributed by atoms with Crippen molar-refractivity contribution in [1.29, 1.82) is 0 Å². The van der Waals surface area contributed by atoms with Gasteiger partial charge in [-0.25, -0.2) is 0 Å². The molecule has 0 unspecified atom stereocenters. The van der Waals surface area contributed by atoms with Gasteiger partial charge in [-0.2, -0.15) is 0 Å². The predicted molar refractivity (Wildman–Crippen MR) is 91.5 cm³/mol. The topological polar surface area (TPSA) is 30.5 Å². The molecule has 0 spiro atoms. The van der Waals surface area contributed by atoms with Crippen LogP contribution in [0.3, 0.4) is 0 Å². The monoisotopic (exact) mass is 309 g/mol. The van der Waals surface area contributed by atoms with E-state index >= 15 is 0 Å². The van der Waals surface area contributed by atoms with Gasteiger partial charge >= 0.3 is 0 Å². The second-order valence-electron chi connectivity index (χ2n) is 6.49. The van der Waals surface area contributed by atoms with Crippen molar-refractivity contribution in [3.8, 4) is 11.1 Å². The quantitative estimate of drug-likeness (QED) is 0.937. The maximum absolute atomic E-state index is 5.87. The molecule has 0 aromatic heterocycles. The first-order valence-corrected chi connectivity index (χ1v) is 8.37. The fourth-order valence-electron chi connectivity index (χ4n) is 3.86. The van der Waals surface area contributed by atoms with E-state index < -0.39 is 0 Å². The maximum Gasteiger partial charge on any atom is 0.0846 e. The predicted octanol–water partition coefficient (Wildman–Crippen LogP) is 3.54. The number of benzene rings is 2. The summed E-state index contributed by atoms with van der Waals surface area (Å²) in [5.41, 5.74) is 5.32. The van der Waals surface area contributed by atoms with Crippen LogP contribution in [0.2, 0.25) is 0 Å². The molecule has 0 amide bonds. The molecule has 1 N–H and O–H groups in total. The first kappa shape index (κ1) is 14.9. The lowest BCUT2D eigenvalue weighted by atomic mass is 9.93. The molecule has 4 rings (SSSR count). The van der Waals surface area contributed by atoms with E-state index in [0.29, 0.717) is 0 Å². The van der Waals surface area contributed by atoms with Crippen molar-refractivity contribution in [2.75, 3.05) is 26.9 Å². The van der Waals surface area contributed by atoms with Crippen LogP contribution in [0, 0.1) is 0 Å². The number of rotatable bonds is 4. The van der Waals surface area contributed by atoms with Crippen LogP contribution >= 0.6 is 0 Å². The van der Waals surface area contributed by atoms with Gasteiger partial charge in [0.1, 0.15) is 0 Å². The molecule has 0 bridgehead atoms. The molecule has 0 radical (unpaired) electrons. The van der Waals surface area contributed by atoms with E-state index in [0.717, 1.165) is 32.6 Å². The van der Waals surface area contributed by atoms with Crippen molar-refractivity contribution in [3.05, 3.63) is 59.7 Å². The average Bonchev–Trinajstić information content (AvgIpc) is 2.95. The van der Waals surface area contributed by atoms with Crippen LogP contribution < -0.4 is 5.32 Å². The fraction of sp³-hybridized carbons (Fsp3) is 0.400. The third-order valence-corrected chi connectivity index (χ3v) is 5.30. The number of nitrogens with one attached hydrogen (secondary N) is 1. The summed E-state index contributed by atoms with van der Waals surface area (Å²) in [4.78, 5) is 0. The van der Waals surface area contributed by atoms with Crippen molar-refractivity contribution in [1.82, 2.24) is 5.32 Å². The number of hydrogen-bond donors (Lipinski definition) is 1. The summed E-state index contributed by atoms with van der Waals surface area (Å²) in [6.07, 6.45) is 1.90. The van der Waals surface area contributed by atoms with Gasteiger partial charge in [0.15, 0.2) is 0 Å². The Labute approximate surface area is 137 Å². The summed E-state index contributed by atoms with van der Waals surface area (Å²) in [6, 6.07) is 17.6. The van der Waals surface area contributed by atoms with Crippen molar-refractivity contribution in [3.63, 3.8) is 0 Å². The zero-order valence-corrected chi connectivity index (χ0v) is 13.5. The first-order valence-electron chi connectivity index (χ1n) is 8.37. The highest BCUT2D eigenvalue weighted by molar-refractivity contribution is 5.78. The average molecular weight is 309 g/mol. The van der Waals surface area contributed by atoms with E-state index in [1.54, 1.807) is 0 Å². The molecular weight excluding hydrogens is 286 g/mol. The van der Waals surface area contributed by atoms with Crippen LogP contribution in [0.4, 0.5) is 0 Å². The van der Waals surface area contributed by atoms with Gasteiger partial charge in [0.2, 0.25) is 0 Å². The molecule has 2 aliphatic rings. The zero-order chi connectivity index (χ0) is 15.7. The molecule has 0 saturated carbocycles. The molecule has 1 aliphatic carbocycles. The van der Waals surface area contributed by atoms with Crippen molar-refractivity contribution >= 4 is 0 Å². The van der Waals surface area contributed by atoms with E-state index in [-0.39, 0.29) is 11.6 Å². The molecule has 1 saturated heterocycles. The van der Waals surface area contributed by atoms with Gasteiger partial charge in [0, 0.05) is 39.7 Å². The zero-order valence-electron chi connectivity index (χ0n) is 13.5. The lowest BCUT2D eigenvalue weighted by molar-refractivity contribution is -0.0882. The minimum atomic E-state index is -0.106. The number of methoxy groups -OCH3 is 1. The summed E-state index contributed by atoms with van der Waals surface area (Å²) < 4.78 is 11.4. The Morgan fingerprint density at radius 3 is 2.13 bits per heavy atom. The van der Waals surface area contributed by atoms with Crippen molar-refractivity contribution in [2.24, 2.45) is 0 Å². The molecule has 23 heavy (non-hydrogen) atoms. The Morgan fingerprint density at radius 1 is 1.00 bits per heavy atom. The van der Waals surface area contributed by atoms with E-state index in [4.69, 9.17) is 9.47 Å². The molecule has 2 aromatic rings. The van der Waals surface area contributed by atoms with Gasteiger partial charge in [-0.1, -0.05) is 48.5 Å². The highest BCUT2D eigenvalue weighted by Gasteiger charge is 2.35. The summed E-state index contributed by atoms with van der Waals surface area (Å²) in [5.74, 6) is 0. The van der Waals surface area contributed by atoms with Crippen LogP contribution in [0.1, 0.15) is 30.0 Å². The largest absolute Gasteiger partial charge is 0.381 e. The maximum atomic E-state index is 5.87. The molecular formula is C20H23NO2. The summed E-state index contributed by atoms with van der Waals surface area (Å²) in [6.45, 7) is 2.42. The Balaban J connectivity index is 1.61. The van der Waals surface area contributed by atoms with E-state index in [9.17, 15) is 0 Å². The molecule has 3 nitrogen and oxygen atoms in total. The summed E-state index contributed by atoms with van der Waals surface area (Å²) >= 11 is 0. The highest BCUT2D eigenvalue weighted by Crippen LogP contribution is 2.43. The first-order chi connectivity index (χ1) is 11.3. The molecule has 1 heterocycles. The van der Waals surface area contributed by atoms with Crippen molar-refractivity contribution < 1.29 is 9.47 Å². The molecule has 120 valence electrons. The highest BCUT2D eigenvalue weighted by atomic mass is 16.5. The fourth-order valence-corrected chi connectivity index (χ4v) is 3.86. The molecule has 1 aliphatic heterocycles. The Kier molecular flexibility index (Phi) is 3.93. The molecule has 1 fully saturated rings. The van der Waals surface area contributed by atoms with Crippen LogP contribution in [0.5, 0.6) is 0 Å². The third kappa shape index (κ3) is 2.59. The van der Waals surface area contributed by atoms with E-state index in [1.807, 2.05) is 7.11 Å². The van der Waals surface area contributed by atoms with Gasteiger partial charge in [-0.05, 0) is 22.3 Å². The van der Waals surface area contributed by atoms with Crippen LogP contribution in [-0.2, 0) is 9.47 Å². The minimum Gasteiger partial charge on any atom is -0.381 e. The lowest BCUT2D eigenvalue weighted by Crippen LogP contribution is -2.47. The Bertz CT molecular complexity index is 646. The molecule has 2 aromatic carbocycles. The smallest absolute Gasteiger partial charge is 0.0846 e. The normalized spacial score (nSPS) is 19.3. The van der Waals surface area contributed by atoms with Crippen molar-refractivity contribution in [2.45, 2.75) is 24.5 Å². The SMILES string of the molecule is COC1(CNC2c3ccccc3-c3ccccc32)CCOCC1. The van der Waals surface area contributed by atoms with Gasteiger partial charge in [0.05, 0.1) is 11.6 Å². The summed E-state index contributed by atoms with van der Waals surface area (Å²) in [7, 11) is 1.82. The Morgan fingerprint density at radius 2 is 1.57 bits per heavy atom. The third-order valence-electron chi connectivity index (χ3n) is 5.30. The molecule has 0 atom stereocenters. The minimum absolute atomic E-state index is 0.106. The van der Waals surface area contributed by atoms with Crippen LogP contribution in [-0.4, -0.2) is 32.5 Å². The molecule has 3 heteroatoms. The number of ether oxygens (including phenoxy) is 2.